The van der Waals surface area contributed by atoms with Crippen molar-refractivity contribution in [1.82, 2.24) is 20.1 Å². The molecule has 1 fully saturated rings. The Bertz CT molecular complexity index is 1400. The number of hydrogen-bond donors (Lipinski definition) is 3. The highest BCUT2D eigenvalue weighted by Crippen LogP contribution is 2.42. The third-order valence-corrected chi connectivity index (χ3v) is 5.79. The van der Waals surface area contributed by atoms with Crippen LogP contribution in [0.3, 0.4) is 0 Å². The minimum Gasteiger partial charge on any atom is -0.507 e. The lowest BCUT2D eigenvalue weighted by molar-refractivity contribution is 0.102. The Labute approximate surface area is 200 Å². The van der Waals surface area contributed by atoms with E-state index in [1.54, 1.807) is 48.5 Å². The number of hydrogen-bond acceptors (Lipinski definition) is 5. The third kappa shape index (κ3) is 4.89. The van der Waals surface area contributed by atoms with Crippen LogP contribution >= 0.6 is 0 Å². The van der Waals surface area contributed by atoms with Crippen molar-refractivity contribution in [3.05, 3.63) is 95.7 Å². The summed E-state index contributed by atoms with van der Waals surface area (Å²) in [5, 5.41) is 20.5. The average Bonchev–Trinajstić information content (AvgIpc) is 3.62. The van der Waals surface area contributed by atoms with Gasteiger partial charge in [-0.05, 0) is 49.2 Å². The van der Waals surface area contributed by atoms with Crippen LogP contribution in [0.5, 0.6) is 5.75 Å². The van der Waals surface area contributed by atoms with Crippen LogP contribution in [0.1, 0.15) is 40.4 Å². The van der Waals surface area contributed by atoms with Crippen molar-refractivity contribution in [1.29, 1.82) is 0 Å². The van der Waals surface area contributed by atoms with Gasteiger partial charge in [0.1, 0.15) is 11.6 Å². The highest BCUT2D eigenvalue weighted by molar-refractivity contribution is 6.04. The molecule has 2 aromatic carbocycles. The molecule has 9 heteroatoms. The van der Waals surface area contributed by atoms with Gasteiger partial charge in [0.15, 0.2) is 0 Å². The Morgan fingerprint density at radius 3 is 2.54 bits per heavy atom. The van der Waals surface area contributed by atoms with Crippen molar-refractivity contribution < 1.29 is 19.1 Å². The van der Waals surface area contributed by atoms with Gasteiger partial charge in [-0.15, -0.1) is 0 Å². The molecule has 0 spiro atoms. The van der Waals surface area contributed by atoms with Gasteiger partial charge in [-0.25, -0.2) is 9.18 Å². The number of aromatic nitrogens is 3. The van der Waals surface area contributed by atoms with Crippen molar-refractivity contribution in [3.63, 3.8) is 0 Å². The van der Waals surface area contributed by atoms with Gasteiger partial charge in [0.2, 0.25) is 0 Å². The van der Waals surface area contributed by atoms with E-state index in [2.05, 4.69) is 20.7 Å². The molecule has 3 N–H and O–H groups in total. The molecule has 8 nitrogen and oxygen atoms in total. The van der Waals surface area contributed by atoms with Crippen LogP contribution in [0.25, 0.3) is 11.3 Å². The molecule has 5 rings (SSSR count). The zero-order chi connectivity index (χ0) is 24.4. The standard InChI is InChI=1S/C26H22FN5O3/c27-21-4-2-1-3-18(21)15-29-26(35)32-23(16-5-6-16)14-22(31-32)20-8-7-19(13-24(20)33)30-25(34)17-9-11-28-12-10-17/h1-4,7-14,16,33H,5-6,15H2,(H,29,35)(H,30,34). The molecule has 0 saturated heterocycles. The average molecular weight is 471 g/mol. The van der Waals surface area contributed by atoms with Crippen molar-refractivity contribution >= 4 is 17.6 Å². The maximum atomic E-state index is 13.9. The number of phenolic OH excluding ortho intramolecular Hbond substituents is 1. The molecular weight excluding hydrogens is 449 g/mol. The minimum absolute atomic E-state index is 0.0297. The molecule has 0 unspecified atom stereocenters. The lowest BCUT2D eigenvalue weighted by Crippen LogP contribution is -2.30. The number of carbonyl (C=O) groups is 2. The second kappa shape index (κ2) is 9.38. The van der Waals surface area contributed by atoms with Gasteiger partial charge >= 0.3 is 6.03 Å². The van der Waals surface area contributed by atoms with E-state index in [0.717, 1.165) is 18.5 Å². The van der Waals surface area contributed by atoms with E-state index in [1.807, 2.05) is 0 Å². The molecule has 4 aromatic rings. The monoisotopic (exact) mass is 471 g/mol. The second-order valence-corrected chi connectivity index (χ2v) is 8.31. The number of carbonyl (C=O) groups excluding carboxylic acids is 2. The molecule has 35 heavy (non-hydrogen) atoms. The zero-order valence-electron chi connectivity index (χ0n) is 18.6. The number of anilines is 1. The van der Waals surface area contributed by atoms with Gasteiger partial charge in [0.25, 0.3) is 5.91 Å². The molecule has 0 radical (unpaired) electrons. The Kier molecular flexibility index (Phi) is 5.97. The fourth-order valence-electron chi connectivity index (χ4n) is 3.78. The molecule has 0 aliphatic heterocycles. The molecule has 0 bridgehead atoms. The predicted octanol–water partition coefficient (Wildman–Crippen LogP) is 4.68. The third-order valence-electron chi connectivity index (χ3n) is 5.79. The summed E-state index contributed by atoms with van der Waals surface area (Å²) < 4.78 is 15.2. The van der Waals surface area contributed by atoms with Crippen molar-refractivity contribution in [2.24, 2.45) is 0 Å². The van der Waals surface area contributed by atoms with Crippen molar-refractivity contribution in [2.45, 2.75) is 25.3 Å². The van der Waals surface area contributed by atoms with Crippen LogP contribution in [-0.2, 0) is 6.54 Å². The first-order valence-corrected chi connectivity index (χ1v) is 11.2. The number of pyridine rings is 1. The highest BCUT2D eigenvalue weighted by Gasteiger charge is 2.30. The molecular formula is C26H22FN5O3. The number of aromatic hydroxyl groups is 1. The molecule has 1 aliphatic rings. The summed E-state index contributed by atoms with van der Waals surface area (Å²) in [5.74, 6) is -0.600. The van der Waals surface area contributed by atoms with E-state index in [1.165, 1.54) is 29.2 Å². The van der Waals surface area contributed by atoms with Crippen LogP contribution in [-0.4, -0.2) is 31.8 Å². The summed E-state index contributed by atoms with van der Waals surface area (Å²) >= 11 is 0. The highest BCUT2D eigenvalue weighted by atomic mass is 19.1. The number of nitrogens with one attached hydrogen (secondary N) is 2. The molecule has 1 aliphatic carbocycles. The van der Waals surface area contributed by atoms with Crippen molar-refractivity contribution in [2.75, 3.05) is 5.32 Å². The maximum Gasteiger partial charge on any atom is 0.342 e. The van der Waals surface area contributed by atoms with Crippen LogP contribution in [0, 0.1) is 5.82 Å². The quantitative estimate of drug-likeness (QED) is 0.378. The minimum atomic E-state index is -0.470. The van der Waals surface area contributed by atoms with Crippen LogP contribution < -0.4 is 10.6 Å². The molecule has 2 heterocycles. The Morgan fingerprint density at radius 1 is 1.06 bits per heavy atom. The number of rotatable bonds is 6. The maximum absolute atomic E-state index is 13.9. The predicted molar refractivity (Wildman–Crippen MR) is 128 cm³/mol. The fraction of sp³-hybridized carbons (Fsp3) is 0.154. The lowest BCUT2D eigenvalue weighted by atomic mass is 10.1. The number of benzene rings is 2. The SMILES string of the molecule is O=C(Nc1ccc(-c2cc(C3CC3)n(C(=O)NCc3ccccc3F)n2)c(O)c1)c1ccncc1. The van der Waals surface area contributed by atoms with Gasteiger partial charge in [0.05, 0.1) is 11.4 Å². The normalized spacial score (nSPS) is 12.8. The zero-order valence-corrected chi connectivity index (χ0v) is 18.6. The van der Waals surface area contributed by atoms with Crippen LogP contribution in [0.4, 0.5) is 14.9 Å². The first kappa shape index (κ1) is 22.3. The number of nitrogens with zero attached hydrogens (tertiary/aromatic N) is 3. The van der Waals surface area contributed by atoms with Crippen LogP contribution in [0.15, 0.2) is 73.1 Å². The Hall–Kier alpha value is -4.53. The summed E-state index contributed by atoms with van der Waals surface area (Å²) in [7, 11) is 0. The first-order chi connectivity index (χ1) is 17.0. The Morgan fingerprint density at radius 2 is 1.83 bits per heavy atom. The van der Waals surface area contributed by atoms with E-state index in [4.69, 9.17) is 0 Å². The topological polar surface area (TPSA) is 109 Å². The van der Waals surface area contributed by atoms with Gasteiger partial charge in [0, 0.05) is 53.3 Å². The molecule has 1 saturated carbocycles. The van der Waals surface area contributed by atoms with Gasteiger partial charge in [-0.3, -0.25) is 9.78 Å². The summed E-state index contributed by atoms with van der Waals surface area (Å²) in [5.41, 5.74) is 2.82. The summed E-state index contributed by atoms with van der Waals surface area (Å²) in [6.07, 6.45) is 4.93. The lowest BCUT2D eigenvalue weighted by Gasteiger charge is -2.09. The molecule has 2 amide bonds. The summed E-state index contributed by atoms with van der Waals surface area (Å²) in [4.78, 5) is 29.1. The van der Waals surface area contributed by atoms with E-state index >= 15 is 0 Å². The summed E-state index contributed by atoms with van der Waals surface area (Å²) in [6.45, 7) is 0.0297. The van der Waals surface area contributed by atoms with Gasteiger partial charge in [-0.2, -0.15) is 9.78 Å². The van der Waals surface area contributed by atoms with Crippen molar-refractivity contribution in [3.8, 4) is 17.0 Å². The Balaban J connectivity index is 1.35. The van der Waals surface area contributed by atoms with E-state index in [9.17, 15) is 19.1 Å². The van der Waals surface area contributed by atoms with E-state index in [0.29, 0.717) is 28.1 Å². The molecule has 0 atom stereocenters. The number of amides is 2. The van der Waals surface area contributed by atoms with Crippen LogP contribution in [0.2, 0.25) is 0 Å². The largest absolute Gasteiger partial charge is 0.507 e. The van der Waals surface area contributed by atoms with E-state index in [-0.39, 0.29) is 24.1 Å². The summed E-state index contributed by atoms with van der Waals surface area (Å²) in [6, 6.07) is 15.5. The number of phenols is 1. The van der Waals surface area contributed by atoms with E-state index < -0.39 is 11.8 Å². The smallest absolute Gasteiger partial charge is 0.342 e. The molecule has 176 valence electrons. The fourth-order valence-corrected chi connectivity index (χ4v) is 3.78. The number of halogens is 1. The molecule has 2 aromatic heterocycles. The second-order valence-electron chi connectivity index (χ2n) is 8.31. The van der Waals surface area contributed by atoms with Gasteiger partial charge < -0.3 is 15.7 Å². The van der Waals surface area contributed by atoms with Gasteiger partial charge in [-0.1, -0.05) is 18.2 Å². The first-order valence-electron chi connectivity index (χ1n) is 11.2.